The Kier molecular flexibility index (Phi) is 21.8. The highest BCUT2D eigenvalue weighted by atomic mass is 32.2. The first-order valence-electron chi connectivity index (χ1n) is 22.1. The van der Waals surface area contributed by atoms with E-state index in [1.54, 1.807) is 24.3 Å². The molecule has 0 bridgehead atoms. The molecule has 2 aliphatic heterocycles. The number of methoxy groups -OCH3 is 1. The SMILES string of the molecule is COc1ccc(S(=O)(=O)N(CC(C)C)C[C@@H](O)[C@H](Cc2ccc(CNCCP(=O)(Oc3ccccc3)OC(C)C)cc2)NC(=O)OC2CO[C@H]3OCC[C@@H]23)cc1.O=C(O)CCCCC(=O)O. The van der Waals surface area contributed by atoms with Crippen molar-refractivity contribution in [3.63, 3.8) is 0 Å². The number of benzene rings is 3. The summed E-state index contributed by atoms with van der Waals surface area (Å²) in [5, 5.41) is 34.1. The lowest BCUT2D eigenvalue weighted by atomic mass is 10.00. The van der Waals surface area contributed by atoms with Crippen LogP contribution >= 0.6 is 7.60 Å². The Morgan fingerprint density at radius 3 is 2.09 bits per heavy atom. The first-order valence-corrected chi connectivity index (χ1v) is 25.3. The minimum Gasteiger partial charge on any atom is -0.497 e. The quantitative estimate of drug-likeness (QED) is 0.0437. The maximum absolute atomic E-state index is 13.9. The summed E-state index contributed by atoms with van der Waals surface area (Å²) in [5.74, 6) is -0.872. The summed E-state index contributed by atoms with van der Waals surface area (Å²) in [6, 6.07) is 21.7. The number of amides is 1. The zero-order chi connectivity index (χ0) is 48.3. The van der Waals surface area contributed by atoms with E-state index in [0.29, 0.717) is 50.5 Å². The molecule has 0 saturated carbocycles. The lowest BCUT2D eigenvalue weighted by Crippen LogP contribution is -2.51. The average Bonchev–Trinajstić information content (AvgIpc) is 3.89. The summed E-state index contributed by atoms with van der Waals surface area (Å²) < 4.78 is 76.2. The highest BCUT2D eigenvalue weighted by molar-refractivity contribution is 7.89. The van der Waals surface area contributed by atoms with Gasteiger partial charge in [0.25, 0.3) is 0 Å². The number of unbranched alkanes of at least 4 members (excludes halogenated alkanes) is 1. The Bertz CT molecular complexity index is 2100. The third-order valence-electron chi connectivity index (χ3n) is 10.4. The van der Waals surface area contributed by atoms with Crippen molar-refractivity contribution in [3.8, 4) is 11.5 Å². The van der Waals surface area contributed by atoms with Gasteiger partial charge in [-0.1, -0.05) is 56.3 Å². The number of carboxylic acids is 2. The molecular weight excluding hydrogens is 898 g/mol. The number of nitrogens with zero attached hydrogens (tertiary/aromatic N) is 1. The molecule has 2 heterocycles. The van der Waals surface area contributed by atoms with Crippen LogP contribution in [0.25, 0.3) is 0 Å². The summed E-state index contributed by atoms with van der Waals surface area (Å²) in [4.78, 5) is 33.2. The van der Waals surface area contributed by atoms with Crippen molar-refractivity contribution in [2.24, 2.45) is 11.8 Å². The molecule has 0 spiro atoms. The van der Waals surface area contributed by atoms with E-state index in [1.165, 1.54) is 23.5 Å². The van der Waals surface area contributed by atoms with Crippen LogP contribution in [0.2, 0.25) is 0 Å². The molecular formula is C46H66N3O15PS. The standard InChI is InChI=1S/C40H56N3O11PS.C6H10O4/c1-28(2)25-43(56(47,48)34-17-15-32(49-5)16-18-34)26-37(44)36(42-40(45)52-38-27-51-39-35(38)19-21-50-39)23-30-11-13-31(14-12-30)24-41-20-22-55(46,53-29(3)4)54-33-9-7-6-8-10-33;7-5(8)3-1-2-4-6(9)10/h6-18,28-29,35-39,41,44H,19-27H2,1-5H3,(H,42,45);1-4H2,(H,7,8)(H,9,10)/t35-,36-,37+,38?,39+,55?;/m0./s1. The fraction of sp³-hybridized carbons (Fsp3) is 0.543. The number of alkyl carbamates (subject to hydrolysis) is 1. The summed E-state index contributed by atoms with van der Waals surface area (Å²) in [5.41, 5.74) is 1.75. The number of aliphatic carboxylic acids is 2. The van der Waals surface area contributed by atoms with E-state index in [2.05, 4.69) is 10.6 Å². The second-order valence-electron chi connectivity index (χ2n) is 16.8. The summed E-state index contributed by atoms with van der Waals surface area (Å²) in [6.07, 6.45) is -1.16. The largest absolute Gasteiger partial charge is 0.497 e. The van der Waals surface area contributed by atoms with Crippen molar-refractivity contribution in [3.05, 3.63) is 90.0 Å². The molecule has 1 amide bonds. The molecule has 2 aliphatic rings. The molecule has 3 aromatic rings. The second-order valence-corrected chi connectivity index (χ2v) is 20.8. The lowest BCUT2D eigenvalue weighted by molar-refractivity contribution is -0.139. The number of hydrogen-bond donors (Lipinski definition) is 5. The molecule has 5 rings (SSSR count). The van der Waals surface area contributed by atoms with Gasteiger partial charge in [0, 0.05) is 39.0 Å². The number of aliphatic hydroxyl groups is 1. The van der Waals surface area contributed by atoms with Crippen molar-refractivity contribution >= 4 is 35.7 Å². The molecule has 0 aliphatic carbocycles. The first-order chi connectivity index (χ1) is 31.4. The Labute approximate surface area is 387 Å². The smallest absolute Gasteiger partial charge is 0.407 e. The van der Waals surface area contributed by atoms with E-state index in [9.17, 15) is 32.5 Å². The van der Waals surface area contributed by atoms with Crippen LogP contribution in [-0.2, 0) is 55.9 Å². The number of aliphatic hydroxyl groups excluding tert-OH is 1. The van der Waals surface area contributed by atoms with Gasteiger partial charge < -0.3 is 49.4 Å². The fourth-order valence-electron chi connectivity index (χ4n) is 7.20. The number of rotatable bonds is 26. The zero-order valence-electron chi connectivity index (χ0n) is 38.3. The van der Waals surface area contributed by atoms with E-state index in [0.717, 1.165) is 11.1 Å². The molecule has 2 unspecified atom stereocenters. The van der Waals surface area contributed by atoms with E-state index >= 15 is 0 Å². The fourth-order valence-corrected chi connectivity index (χ4v) is 10.6. The molecule has 2 saturated heterocycles. The van der Waals surface area contributed by atoms with Crippen molar-refractivity contribution < 1.29 is 70.7 Å². The van der Waals surface area contributed by atoms with Gasteiger partial charge in [0.2, 0.25) is 10.0 Å². The minimum absolute atomic E-state index is 0.0530. The molecule has 20 heteroatoms. The predicted octanol–water partition coefficient (Wildman–Crippen LogP) is 6.30. The number of sulfonamides is 1. The molecule has 0 aromatic heterocycles. The maximum Gasteiger partial charge on any atom is 0.407 e. The van der Waals surface area contributed by atoms with Crippen LogP contribution in [0.4, 0.5) is 4.79 Å². The molecule has 2 fully saturated rings. The van der Waals surface area contributed by atoms with Crippen molar-refractivity contribution in [2.45, 2.75) is 108 Å². The van der Waals surface area contributed by atoms with E-state index in [1.807, 2.05) is 70.2 Å². The Morgan fingerprint density at radius 1 is 0.864 bits per heavy atom. The molecule has 3 aromatic carbocycles. The predicted molar refractivity (Wildman–Crippen MR) is 245 cm³/mol. The normalized spacial score (nSPS) is 18.7. The highest BCUT2D eigenvalue weighted by Crippen LogP contribution is 2.49. The van der Waals surface area contributed by atoms with Gasteiger partial charge in [-0.15, -0.1) is 0 Å². The molecule has 5 N–H and O–H groups in total. The third kappa shape index (κ3) is 18.2. The number of nitrogens with one attached hydrogen (secondary N) is 2. The van der Waals surface area contributed by atoms with Crippen molar-refractivity contribution in [1.29, 1.82) is 0 Å². The minimum atomic E-state index is -4.02. The summed E-state index contributed by atoms with van der Waals surface area (Å²) in [7, 11) is -5.94. The van der Waals surface area contributed by atoms with Gasteiger partial charge in [0.05, 0.1) is 55.5 Å². The number of carbonyl (C=O) groups is 3. The Morgan fingerprint density at radius 2 is 1.50 bits per heavy atom. The van der Waals surface area contributed by atoms with Gasteiger partial charge in [0.1, 0.15) is 17.6 Å². The number of para-hydroxylation sites is 1. The Hall–Kier alpha value is -4.59. The average molecular weight is 964 g/mol. The van der Waals surface area contributed by atoms with E-state index < -0.39 is 60.2 Å². The van der Waals surface area contributed by atoms with Crippen molar-refractivity contribution in [1.82, 2.24) is 14.9 Å². The van der Waals surface area contributed by atoms with Crippen LogP contribution < -0.4 is 19.9 Å². The summed E-state index contributed by atoms with van der Waals surface area (Å²) in [6.45, 7) is 8.87. The lowest BCUT2D eigenvalue weighted by Gasteiger charge is -2.31. The molecule has 18 nitrogen and oxygen atoms in total. The van der Waals surface area contributed by atoms with Crippen LogP contribution in [0.5, 0.6) is 11.5 Å². The number of carbonyl (C=O) groups excluding carboxylic acids is 1. The highest BCUT2D eigenvalue weighted by Gasteiger charge is 2.44. The number of fused-ring (bicyclic) bond motifs is 1. The zero-order valence-corrected chi connectivity index (χ0v) is 40.0. The summed E-state index contributed by atoms with van der Waals surface area (Å²) >= 11 is 0. The van der Waals surface area contributed by atoms with Crippen LogP contribution in [0.15, 0.2) is 83.8 Å². The first kappa shape index (κ1) is 54.0. The number of ether oxygens (including phenoxy) is 4. The second kappa shape index (κ2) is 26.7. The maximum atomic E-state index is 13.9. The third-order valence-corrected chi connectivity index (χ3v) is 14.3. The molecule has 6 atom stereocenters. The van der Waals surface area contributed by atoms with Crippen molar-refractivity contribution in [2.75, 3.05) is 46.1 Å². The van der Waals surface area contributed by atoms with E-state index in [4.69, 9.17) is 38.2 Å². The topological polar surface area (TPSA) is 246 Å². The monoisotopic (exact) mass is 963 g/mol. The number of carboxylic acid groups (broad SMARTS) is 2. The van der Waals surface area contributed by atoms with Gasteiger partial charge >= 0.3 is 25.6 Å². The van der Waals surface area contributed by atoms with Gasteiger partial charge in [0.15, 0.2) is 6.29 Å². The van der Waals surface area contributed by atoms with Crippen LogP contribution in [0.1, 0.15) is 70.9 Å². The molecule has 366 valence electrons. The van der Waals surface area contributed by atoms with E-state index in [-0.39, 0.29) is 68.0 Å². The van der Waals surface area contributed by atoms with Gasteiger partial charge in [-0.2, -0.15) is 4.31 Å². The molecule has 0 radical (unpaired) electrons. The van der Waals surface area contributed by atoms with Crippen LogP contribution in [-0.4, -0.2) is 123 Å². The van der Waals surface area contributed by atoms with Gasteiger partial charge in [-0.05, 0) is 93.0 Å². The van der Waals surface area contributed by atoms with Crippen LogP contribution in [0.3, 0.4) is 0 Å². The Balaban J connectivity index is 0.000000850. The number of hydrogen-bond acceptors (Lipinski definition) is 14. The molecule has 66 heavy (non-hydrogen) atoms. The van der Waals surface area contributed by atoms with Crippen LogP contribution in [0, 0.1) is 11.8 Å². The van der Waals surface area contributed by atoms with Gasteiger partial charge in [-0.25, -0.2) is 17.8 Å². The van der Waals surface area contributed by atoms with Gasteiger partial charge in [-0.3, -0.25) is 14.1 Å².